The molecule has 3 aliphatic rings. The predicted molar refractivity (Wildman–Crippen MR) is 167 cm³/mol. The van der Waals surface area contributed by atoms with Gasteiger partial charge in [0.25, 0.3) is 0 Å². The van der Waals surface area contributed by atoms with Crippen molar-refractivity contribution in [3.8, 4) is 0 Å². The van der Waals surface area contributed by atoms with Crippen LogP contribution in [0, 0.1) is 5.41 Å². The molecule has 6 atom stereocenters. The van der Waals surface area contributed by atoms with Crippen molar-refractivity contribution in [3.63, 3.8) is 0 Å². The Morgan fingerprint density at radius 3 is 1.37 bits per heavy atom. The molecule has 0 aromatic carbocycles. The molecule has 3 fully saturated rings. The number of nitrogens with zero attached hydrogens (tertiary/aromatic N) is 3. The number of hydrogen-bond donors (Lipinski definition) is 4. The molecule has 3 aliphatic heterocycles. The van der Waals surface area contributed by atoms with Gasteiger partial charge in [0.2, 0.25) is 0 Å². The van der Waals surface area contributed by atoms with Crippen LogP contribution < -0.4 is 0 Å². The highest BCUT2D eigenvalue weighted by molar-refractivity contribution is 5.80. The fourth-order valence-corrected chi connectivity index (χ4v) is 6.30. The van der Waals surface area contributed by atoms with Gasteiger partial charge in [-0.05, 0) is 25.7 Å². The molecule has 0 aliphatic carbocycles. The number of carboxylic acid groups (broad SMARTS) is 1. The predicted octanol–water partition coefficient (Wildman–Crippen LogP) is 5.09. The first-order chi connectivity index (χ1) is 19.8. The summed E-state index contributed by atoms with van der Waals surface area (Å²) in [5.74, 6) is -0.596. The van der Waals surface area contributed by atoms with E-state index in [0.717, 1.165) is 19.6 Å². The first-order valence-corrected chi connectivity index (χ1v) is 17.2. The van der Waals surface area contributed by atoms with Crippen LogP contribution in [0.2, 0.25) is 0 Å². The summed E-state index contributed by atoms with van der Waals surface area (Å²) in [4.78, 5) is 20.1. The van der Waals surface area contributed by atoms with E-state index in [9.17, 15) is 9.90 Å². The summed E-state index contributed by atoms with van der Waals surface area (Å²) in [6, 6.07) is 1.58. The molecule has 8 heteroatoms. The summed E-state index contributed by atoms with van der Waals surface area (Å²) in [6.45, 7) is 11.9. The molecule has 3 saturated heterocycles. The molecule has 41 heavy (non-hydrogen) atoms. The van der Waals surface area contributed by atoms with E-state index in [1.807, 2.05) is 6.92 Å². The molecule has 0 aromatic heterocycles. The van der Waals surface area contributed by atoms with E-state index in [2.05, 4.69) is 35.5 Å². The molecule has 0 spiro atoms. The van der Waals surface area contributed by atoms with E-state index >= 15 is 0 Å². The second kappa shape index (κ2) is 18.8. The zero-order valence-corrected chi connectivity index (χ0v) is 27.0. The van der Waals surface area contributed by atoms with Gasteiger partial charge in [0, 0.05) is 49.7 Å². The fourth-order valence-electron chi connectivity index (χ4n) is 6.30. The molecule has 0 saturated carbocycles. The van der Waals surface area contributed by atoms with Gasteiger partial charge in [0.05, 0.1) is 19.8 Å². The fraction of sp³-hybridized carbons (Fsp3) is 0.970. The summed E-state index contributed by atoms with van der Waals surface area (Å²) in [7, 11) is 0. The van der Waals surface area contributed by atoms with Crippen molar-refractivity contribution in [1.82, 2.24) is 14.7 Å². The topological polar surface area (TPSA) is 107 Å². The van der Waals surface area contributed by atoms with Crippen molar-refractivity contribution in [2.24, 2.45) is 5.41 Å². The lowest BCUT2D eigenvalue weighted by Gasteiger charge is -2.35. The summed E-state index contributed by atoms with van der Waals surface area (Å²) in [5.41, 5.74) is -1.44. The molecular weight excluding hydrogens is 518 g/mol. The molecule has 0 amide bonds. The van der Waals surface area contributed by atoms with Crippen LogP contribution in [-0.2, 0) is 4.79 Å². The van der Waals surface area contributed by atoms with Gasteiger partial charge in [0.1, 0.15) is 0 Å². The van der Waals surface area contributed by atoms with Crippen LogP contribution in [0.5, 0.6) is 0 Å². The average Bonchev–Trinajstić information content (AvgIpc) is 3.88. The lowest BCUT2D eigenvalue weighted by Crippen LogP contribution is -2.59. The van der Waals surface area contributed by atoms with Gasteiger partial charge in [-0.25, -0.2) is 4.79 Å². The molecule has 8 nitrogen and oxygen atoms in total. The molecule has 0 aromatic rings. The van der Waals surface area contributed by atoms with E-state index in [1.54, 1.807) is 0 Å². The van der Waals surface area contributed by atoms with E-state index in [0.29, 0.717) is 31.1 Å². The van der Waals surface area contributed by atoms with Crippen molar-refractivity contribution < 1.29 is 25.2 Å². The van der Waals surface area contributed by atoms with Crippen LogP contribution in [0.1, 0.15) is 130 Å². The number of carboxylic acids is 1. The SMILES string of the molecule is CCC(CO)(CO)CO.CCCCCCC1CN1CC(C(=O)O)(N1CC1CCCCCC)N1CC1CCCCCC. The second-order valence-corrected chi connectivity index (χ2v) is 13.2. The van der Waals surface area contributed by atoms with E-state index < -0.39 is 17.0 Å². The van der Waals surface area contributed by atoms with Crippen LogP contribution in [0.15, 0.2) is 0 Å². The van der Waals surface area contributed by atoms with E-state index in [1.165, 1.54) is 96.3 Å². The largest absolute Gasteiger partial charge is 0.479 e. The third-order valence-corrected chi connectivity index (χ3v) is 9.90. The van der Waals surface area contributed by atoms with Crippen molar-refractivity contribution >= 4 is 5.97 Å². The number of carbonyl (C=O) groups is 1. The Labute approximate surface area is 251 Å². The number of hydrogen-bond acceptors (Lipinski definition) is 7. The van der Waals surface area contributed by atoms with E-state index in [-0.39, 0.29) is 19.8 Å². The van der Waals surface area contributed by atoms with Crippen LogP contribution in [0.25, 0.3) is 0 Å². The number of rotatable bonds is 24. The number of aliphatic hydroxyl groups excluding tert-OH is 3. The first kappa shape index (κ1) is 36.4. The number of unbranched alkanes of at least 4 members (excludes halogenated alkanes) is 9. The molecule has 3 rings (SSSR count). The maximum Gasteiger partial charge on any atom is 0.340 e. The van der Waals surface area contributed by atoms with Crippen molar-refractivity contribution in [1.29, 1.82) is 0 Å². The van der Waals surface area contributed by atoms with Gasteiger partial charge in [-0.15, -0.1) is 0 Å². The Bertz CT molecular complexity index is 675. The Morgan fingerprint density at radius 2 is 1.05 bits per heavy atom. The lowest BCUT2D eigenvalue weighted by molar-refractivity contribution is -0.156. The van der Waals surface area contributed by atoms with Crippen LogP contribution in [-0.4, -0.2) is 111 Å². The zero-order valence-electron chi connectivity index (χ0n) is 27.0. The Kier molecular flexibility index (Phi) is 16.7. The third-order valence-electron chi connectivity index (χ3n) is 9.90. The standard InChI is InChI=1S/C27H51N3O2.C6H14O3/c1-4-7-10-13-16-23-19-28(23)22-27(26(31)32,29-20-24(29)17-14-11-8-5-2)30-21-25(30)18-15-12-9-6-3;1-2-6(3-7,4-8)5-9/h23-25H,4-22H2,1-3H3,(H,31,32);7-9H,2-5H2,1H3. The maximum atomic E-state index is 12.9. The molecule has 0 bridgehead atoms. The average molecular weight is 584 g/mol. The van der Waals surface area contributed by atoms with Crippen LogP contribution >= 0.6 is 0 Å². The van der Waals surface area contributed by atoms with Gasteiger partial charge in [-0.2, -0.15) is 0 Å². The summed E-state index contributed by atoms with van der Waals surface area (Å²) < 4.78 is 0. The van der Waals surface area contributed by atoms with Gasteiger partial charge in [-0.3, -0.25) is 14.7 Å². The van der Waals surface area contributed by atoms with Gasteiger partial charge in [-0.1, -0.05) is 105 Å². The monoisotopic (exact) mass is 583 g/mol. The first-order valence-electron chi connectivity index (χ1n) is 17.2. The molecule has 4 N–H and O–H groups in total. The number of aliphatic hydroxyl groups is 3. The van der Waals surface area contributed by atoms with Crippen LogP contribution in [0.3, 0.4) is 0 Å². The highest BCUT2D eigenvalue weighted by Crippen LogP contribution is 2.45. The minimum atomic E-state index is -0.775. The summed E-state index contributed by atoms with van der Waals surface area (Å²) >= 11 is 0. The van der Waals surface area contributed by atoms with Gasteiger partial charge < -0.3 is 20.4 Å². The quantitative estimate of drug-likeness (QED) is 0.0920. The third kappa shape index (κ3) is 11.0. The highest BCUT2D eigenvalue weighted by atomic mass is 16.4. The van der Waals surface area contributed by atoms with E-state index in [4.69, 9.17) is 15.3 Å². The highest BCUT2D eigenvalue weighted by Gasteiger charge is 2.65. The Morgan fingerprint density at radius 1 is 0.634 bits per heavy atom. The van der Waals surface area contributed by atoms with Crippen molar-refractivity contribution in [3.05, 3.63) is 0 Å². The molecule has 0 radical (unpaired) electrons. The van der Waals surface area contributed by atoms with Gasteiger partial charge in [0.15, 0.2) is 5.66 Å². The maximum absolute atomic E-state index is 12.9. The number of aliphatic carboxylic acids is 1. The minimum absolute atomic E-state index is 0.156. The summed E-state index contributed by atoms with van der Waals surface area (Å²) in [5, 5.41) is 36.6. The smallest absolute Gasteiger partial charge is 0.340 e. The summed E-state index contributed by atoms with van der Waals surface area (Å²) in [6.07, 6.45) is 19.6. The Balaban J connectivity index is 0.000000564. The Hall–Kier alpha value is -0.770. The van der Waals surface area contributed by atoms with Crippen LogP contribution in [0.4, 0.5) is 0 Å². The van der Waals surface area contributed by atoms with Crippen molar-refractivity contribution in [2.75, 3.05) is 46.0 Å². The second-order valence-electron chi connectivity index (χ2n) is 13.2. The molecule has 242 valence electrons. The normalized spacial score (nSPS) is 28.0. The molecule has 6 unspecified atom stereocenters. The zero-order chi connectivity index (χ0) is 30.3. The van der Waals surface area contributed by atoms with Gasteiger partial charge >= 0.3 is 5.97 Å². The lowest BCUT2D eigenvalue weighted by atomic mass is 9.88. The molecular formula is C33H65N3O5. The molecule has 3 heterocycles. The van der Waals surface area contributed by atoms with Crippen molar-refractivity contribution in [2.45, 2.75) is 154 Å². The minimum Gasteiger partial charge on any atom is -0.479 e.